The summed E-state index contributed by atoms with van der Waals surface area (Å²) >= 11 is 0. The number of nitrogens with zero attached hydrogens (tertiary/aromatic N) is 4. The Kier molecular flexibility index (Phi) is 5.31. The molecule has 1 atom stereocenters. The first-order valence-electron chi connectivity index (χ1n) is 6.62. The zero-order chi connectivity index (χ0) is 14.4. The molecule has 2 rings (SSSR count). The molecule has 0 aromatic carbocycles. The summed E-state index contributed by atoms with van der Waals surface area (Å²) in [7, 11) is 3.02. The third-order valence-corrected chi connectivity index (χ3v) is 2.97. The molecule has 1 aliphatic heterocycles. The number of hydrogen-bond donors (Lipinski definition) is 1. The monoisotopic (exact) mass is 283 g/mol. The molecule has 8 nitrogen and oxygen atoms in total. The largest absolute Gasteiger partial charge is 0.467 e. The van der Waals surface area contributed by atoms with Crippen molar-refractivity contribution in [3.8, 4) is 12.0 Å². The topological polar surface area (TPSA) is 81.6 Å². The number of rotatable bonds is 6. The minimum absolute atomic E-state index is 0.199. The summed E-state index contributed by atoms with van der Waals surface area (Å²) < 4.78 is 15.4. The van der Waals surface area contributed by atoms with Crippen LogP contribution in [0.2, 0.25) is 0 Å². The number of ether oxygens (including phenoxy) is 3. The summed E-state index contributed by atoms with van der Waals surface area (Å²) in [6, 6.07) is 0.667. The molecule has 1 fully saturated rings. The van der Waals surface area contributed by atoms with Gasteiger partial charge >= 0.3 is 12.0 Å². The Morgan fingerprint density at radius 3 is 2.30 bits per heavy atom. The third kappa shape index (κ3) is 4.17. The minimum Gasteiger partial charge on any atom is -0.467 e. The molecule has 0 spiro atoms. The normalized spacial score (nSPS) is 17.6. The van der Waals surface area contributed by atoms with E-state index in [1.165, 1.54) is 14.2 Å². The van der Waals surface area contributed by atoms with Crippen molar-refractivity contribution in [2.24, 2.45) is 0 Å². The van der Waals surface area contributed by atoms with Crippen molar-refractivity contribution in [3.05, 3.63) is 0 Å². The van der Waals surface area contributed by atoms with E-state index in [1.54, 1.807) is 0 Å². The third-order valence-electron chi connectivity index (χ3n) is 2.97. The highest BCUT2D eigenvalue weighted by Gasteiger charge is 2.15. The van der Waals surface area contributed by atoms with Crippen molar-refractivity contribution in [1.29, 1.82) is 0 Å². The lowest BCUT2D eigenvalue weighted by Crippen LogP contribution is -2.42. The maximum Gasteiger partial charge on any atom is 0.324 e. The van der Waals surface area contributed by atoms with Crippen molar-refractivity contribution < 1.29 is 14.2 Å². The fourth-order valence-corrected chi connectivity index (χ4v) is 2.02. The Morgan fingerprint density at radius 1 is 1.15 bits per heavy atom. The highest BCUT2D eigenvalue weighted by atomic mass is 16.5. The van der Waals surface area contributed by atoms with Gasteiger partial charge in [-0.25, -0.2) is 0 Å². The summed E-state index contributed by atoms with van der Waals surface area (Å²) in [5.74, 6) is 0.453. The molecule has 1 aromatic rings. The fraction of sp³-hybridized carbons (Fsp3) is 0.750. The quantitative estimate of drug-likeness (QED) is 0.782. The van der Waals surface area contributed by atoms with Gasteiger partial charge in [-0.05, 0) is 6.92 Å². The number of morpholine rings is 1. The Balaban J connectivity index is 1.93. The Morgan fingerprint density at radius 2 is 1.75 bits per heavy atom. The molecule has 0 bridgehead atoms. The van der Waals surface area contributed by atoms with E-state index < -0.39 is 0 Å². The van der Waals surface area contributed by atoms with Gasteiger partial charge in [0.05, 0.1) is 27.4 Å². The SMILES string of the molecule is COc1nc(NC(C)CN2CCOCC2)nc(OC)n1. The average Bonchev–Trinajstić information content (AvgIpc) is 2.47. The van der Waals surface area contributed by atoms with E-state index in [9.17, 15) is 0 Å². The van der Waals surface area contributed by atoms with Crippen molar-refractivity contribution in [1.82, 2.24) is 19.9 Å². The minimum atomic E-state index is 0.199. The molecule has 8 heteroatoms. The van der Waals surface area contributed by atoms with Gasteiger partial charge < -0.3 is 19.5 Å². The molecule has 0 amide bonds. The van der Waals surface area contributed by atoms with Crippen LogP contribution in [0.1, 0.15) is 6.92 Å². The highest BCUT2D eigenvalue weighted by molar-refractivity contribution is 5.28. The van der Waals surface area contributed by atoms with Gasteiger partial charge in [0, 0.05) is 25.7 Å². The van der Waals surface area contributed by atoms with E-state index >= 15 is 0 Å². The van der Waals surface area contributed by atoms with Gasteiger partial charge in [0.1, 0.15) is 0 Å². The molecule has 112 valence electrons. The summed E-state index contributed by atoms with van der Waals surface area (Å²) in [5.41, 5.74) is 0. The van der Waals surface area contributed by atoms with Crippen LogP contribution in [0.4, 0.5) is 5.95 Å². The lowest BCUT2D eigenvalue weighted by Gasteiger charge is -2.29. The van der Waals surface area contributed by atoms with Crippen molar-refractivity contribution >= 4 is 5.95 Å². The molecule has 1 saturated heterocycles. The van der Waals surface area contributed by atoms with Gasteiger partial charge in [-0.1, -0.05) is 0 Å². The summed E-state index contributed by atoms with van der Waals surface area (Å²) in [6.07, 6.45) is 0. The predicted molar refractivity (Wildman–Crippen MR) is 73.3 cm³/mol. The fourth-order valence-electron chi connectivity index (χ4n) is 2.02. The summed E-state index contributed by atoms with van der Waals surface area (Å²) in [5, 5.41) is 3.23. The van der Waals surface area contributed by atoms with Crippen molar-refractivity contribution in [3.63, 3.8) is 0 Å². The van der Waals surface area contributed by atoms with E-state index in [2.05, 4.69) is 32.1 Å². The van der Waals surface area contributed by atoms with Crippen molar-refractivity contribution in [2.75, 3.05) is 52.4 Å². The maximum atomic E-state index is 5.33. The van der Waals surface area contributed by atoms with Gasteiger partial charge in [0.2, 0.25) is 5.95 Å². The smallest absolute Gasteiger partial charge is 0.324 e. The molecule has 1 aromatic heterocycles. The van der Waals surface area contributed by atoms with E-state index in [0.29, 0.717) is 5.95 Å². The van der Waals surface area contributed by atoms with Crippen LogP contribution in [0.15, 0.2) is 0 Å². The first-order chi connectivity index (χ1) is 9.71. The number of methoxy groups -OCH3 is 2. The lowest BCUT2D eigenvalue weighted by molar-refractivity contribution is 0.0367. The second-order valence-electron chi connectivity index (χ2n) is 4.59. The molecule has 0 saturated carbocycles. The maximum absolute atomic E-state index is 5.33. The Hall–Kier alpha value is -1.67. The highest BCUT2D eigenvalue weighted by Crippen LogP contribution is 2.13. The molecule has 0 aliphatic carbocycles. The van der Waals surface area contributed by atoms with Crippen LogP contribution < -0.4 is 14.8 Å². The molecule has 1 aliphatic rings. The van der Waals surface area contributed by atoms with Crippen LogP contribution >= 0.6 is 0 Å². The number of aromatic nitrogens is 3. The predicted octanol–water partition coefficient (Wildman–Crippen LogP) is 0.0214. The number of hydrogen-bond acceptors (Lipinski definition) is 8. The molecule has 20 heavy (non-hydrogen) atoms. The van der Waals surface area contributed by atoms with Crippen LogP contribution in [0, 0.1) is 0 Å². The average molecular weight is 283 g/mol. The van der Waals surface area contributed by atoms with Crippen LogP contribution in [0.25, 0.3) is 0 Å². The number of nitrogens with one attached hydrogen (secondary N) is 1. The van der Waals surface area contributed by atoms with Crippen LogP contribution in [-0.4, -0.2) is 73.0 Å². The first kappa shape index (κ1) is 14.7. The van der Waals surface area contributed by atoms with Gasteiger partial charge in [-0.2, -0.15) is 9.97 Å². The molecular formula is C12H21N5O3. The van der Waals surface area contributed by atoms with E-state index in [0.717, 1.165) is 32.8 Å². The second kappa shape index (κ2) is 7.20. The summed E-state index contributed by atoms with van der Waals surface area (Å²) in [4.78, 5) is 14.6. The molecule has 0 radical (unpaired) electrons. The van der Waals surface area contributed by atoms with Gasteiger partial charge in [-0.3, -0.25) is 4.90 Å². The lowest BCUT2D eigenvalue weighted by atomic mass is 10.3. The molecule has 2 heterocycles. The van der Waals surface area contributed by atoms with Crippen LogP contribution in [-0.2, 0) is 4.74 Å². The number of anilines is 1. The first-order valence-corrected chi connectivity index (χ1v) is 6.62. The molecular weight excluding hydrogens is 262 g/mol. The molecule has 1 unspecified atom stereocenters. The van der Waals surface area contributed by atoms with Crippen LogP contribution in [0.5, 0.6) is 12.0 Å². The molecule has 1 N–H and O–H groups in total. The Bertz CT molecular complexity index is 403. The van der Waals surface area contributed by atoms with E-state index in [-0.39, 0.29) is 18.1 Å². The zero-order valence-corrected chi connectivity index (χ0v) is 12.1. The Labute approximate surface area is 118 Å². The van der Waals surface area contributed by atoms with Crippen molar-refractivity contribution in [2.45, 2.75) is 13.0 Å². The van der Waals surface area contributed by atoms with Crippen LogP contribution in [0.3, 0.4) is 0 Å². The van der Waals surface area contributed by atoms with Gasteiger partial charge in [0.25, 0.3) is 0 Å². The van der Waals surface area contributed by atoms with Gasteiger partial charge in [0.15, 0.2) is 0 Å². The zero-order valence-electron chi connectivity index (χ0n) is 12.1. The second-order valence-corrected chi connectivity index (χ2v) is 4.59. The standard InChI is InChI=1S/C12H21N5O3/c1-9(8-17-4-6-20-7-5-17)13-10-14-11(18-2)16-12(15-10)19-3/h9H,4-8H2,1-3H3,(H,13,14,15,16). The van der Waals surface area contributed by atoms with E-state index in [4.69, 9.17) is 14.2 Å². The summed E-state index contributed by atoms with van der Waals surface area (Å²) in [6.45, 7) is 6.48. The van der Waals surface area contributed by atoms with E-state index in [1.807, 2.05) is 0 Å². The van der Waals surface area contributed by atoms with Gasteiger partial charge in [-0.15, -0.1) is 4.98 Å².